The van der Waals surface area contributed by atoms with Gasteiger partial charge in [-0.3, -0.25) is 0 Å². The van der Waals surface area contributed by atoms with Gasteiger partial charge in [0.05, 0.1) is 12.6 Å². The van der Waals surface area contributed by atoms with E-state index in [1.165, 1.54) is 0 Å². The maximum absolute atomic E-state index is 5.56. The summed E-state index contributed by atoms with van der Waals surface area (Å²) >= 11 is 0. The van der Waals surface area contributed by atoms with Crippen molar-refractivity contribution in [3.8, 4) is 0 Å². The third kappa shape index (κ3) is 2.05. The number of fused-ring (bicyclic) bond motifs is 1. The van der Waals surface area contributed by atoms with Crippen molar-refractivity contribution in [1.82, 2.24) is 15.0 Å². The molecule has 4 nitrogen and oxygen atoms in total. The van der Waals surface area contributed by atoms with Crippen LogP contribution in [0.15, 0.2) is 54.6 Å². The Morgan fingerprint density at radius 3 is 2.45 bits per heavy atom. The lowest BCUT2D eigenvalue weighted by Crippen LogP contribution is -2.04. The minimum Gasteiger partial charge on any atom is -0.481 e. The van der Waals surface area contributed by atoms with Crippen molar-refractivity contribution >= 4 is 22.5 Å². The predicted octanol–water partition coefficient (Wildman–Crippen LogP) is 3.42. The van der Waals surface area contributed by atoms with Crippen molar-refractivity contribution in [3.05, 3.63) is 60.2 Å². The standard InChI is InChI=1S/C16H15N3O/c1-12(13-8-4-3-5-9-13)16(20-2)19-15-11-7-6-10-14(15)17-18-19/h3-11H,1-2H3. The van der Waals surface area contributed by atoms with Gasteiger partial charge >= 0.3 is 0 Å². The topological polar surface area (TPSA) is 39.9 Å². The van der Waals surface area contributed by atoms with E-state index in [1.54, 1.807) is 11.8 Å². The van der Waals surface area contributed by atoms with Gasteiger partial charge in [-0.25, -0.2) is 0 Å². The van der Waals surface area contributed by atoms with E-state index < -0.39 is 0 Å². The zero-order valence-electron chi connectivity index (χ0n) is 11.4. The molecule has 0 saturated heterocycles. The smallest absolute Gasteiger partial charge is 0.219 e. The van der Waals surface area contributed by atoms with Gasteiger partial charge in [-0.15, -0.1) is 5.10 Å². The van der Waals surface area contributed by atoms with Crippen LogP contribution in [0.3, 0.4) is 0 Å². The normalized spacial score (nSPS) is 12.3. The number of aromatic nitrogens is 3. The minimum absolute atomic E-state index is 0.685. The van der Waals surface area contributed by atoms with E-state index in [4.69, 9.17) is 4.74 Å². The first kappa shape index (κ1) is 12.4. The van der Waals surface area contributed by atoms with Crippen LogP contribution in [0.2, 0.25) is 0 Å². The molecule has 0 aliphatic carbocycles. The Hall–Kier alpha value is -2.62. The zero-order chi connectivity index (χ0) is 13.9. The second kappa shape index (κ2) is 5.17. The van der Waals surface area contributed by atoms with Crippen LogP contribution >= 0.6 is 0 Å². The largest absolute Gasteiger partial charge is 0.481 e. The molecule has 100 valence electrons. The highest BCUT2D eigenvalue weighted by atomic mass is 16.5. The highest BCUT2D eigenvalue weighted by Crippen LogP contribution is 2.24. The number of nitrogens with zero attached hydrogens (tertiary/aromatic N) is 3. The second-order valence-corrected chi connectivity index (χ2v) is 4.49. The summed E-state index contributed by atoms with van der Waals surface area (Å²) in [6.07, 6.45) is 0. The summed E-state index contributed by atoms with van der Waals surface area (Å²) < 4.78 is 7.29. The summed E-state index contributed by atoms with van der Waals surface area (Å²) in [5, 5.41) is 8.36. The summed E-state index contributed by atoms with van der Waals surface area (Å²) in [5.74, 6) is 0.685. The number of para-hydroxylation sites is 1. The highest BCUT2D eigenvalue weighted by molar-refractivity contribution is 5.84. The van der Waals surface area contributed by atoms with Gasteiger partial charge in [0.2, 0.25) is 5.88 Å². The first-order valence-electron chi connectivity index (χ1n) is 6.42. The Morgan fingerprint density at radius 1 is 1.00 bits per heavy atom. The van der Waals surface area contributed by atoms with E-state index in [2.05, 4.69) is 10.3 Å². The number of hydrogen-bond donors (Lipinski definition) is 0. The average Bonchev–Trinajstić information content (AvgIpc) is 2.93. The summed E-state index contributed by atoms with van der Waals surface area (Å²) in [4.78, 5) is 0. The van der Waals surface area contributed by atoms with E-state index in [9.17, 15) is 0 Å². The van der Waals surface area contributed by atoms with Gasteiger partial charge in [0, 0.05) is 5.57 Å². The Morgan fingerprint density at radius 2 is 1.70 bits per heavy atom. The second-order valence-electron chi connectivity index (χ2n) is 4.49. The fraction of sp³-hybridized carbons (Fsp3) is 0.125. The van der Waals surface area contributed by atoms with Crippen LogP contribution in [0.25, 0.3) is 22.5 Å². The van der Waals surface area contributed by atoms with Crippen molar-refractivity contribution in [3.63, 3.8) is 0 Å². The molecule has 3 rings (SSSR count). The molecule has 1 aromatic heterocycles. The molecule has 0 N–H and O–H groups in total. The summed E-state index contributed by atoms with van der Waals surface area (Å²) in [6, 6.07) is 17.9. The molecule has 0 bridgehead atoms. The van der Waals surface area contributed by atoms with Crippen LogP contribution in [-0.4, -0.2) is 22.1 Å². The summed E-state index contributed by atoms with van der Waals surface area (Å²) in [5.41, 5.74) is 3.90. The Kier molecular flexibility index (Phi) is 3.21. The molecule has 0 radical (unpaired) electrons. The molecule has 20 heavy (non-hydrogen) atoms. The fourth-order valence-electron chi connectivity index (χ4n) is 2.23. The minimum atomic E-state index is 0.685. The van der Waals surface area contributed by atoms with Crippen molar-refractivity contribution in [1.29, 1.82) is 0 Å². The molecule has 0 fully saturated rings. The van der Waals surface area contributed by atoms with Crippen molar-refractivity contribution < 1.29 is 4.74 Å². The lowest BCUT2D eigenvalue weighted by atomic mass is 10.1. The molecule has 0 unspecified atom stereocenters. The number of hydrogen-bond acceptors (Lipinski definition) is 3. The molecule has 2 aromatic carbocycles. The molecule has 0 spiro atoms. The first-order chi connectivity index (χ1) is 9.81. The molecular formula is C16H15N3O. The Labute approximate surface area is 117 Å². The van der Waals surface area contributed by atoms with Crippen LogP contribution in [0.4, 0.5) is 0 Å². The first-order valence-corrected chi connectivity index (χ1v) is 6.42. The lowest BCUT2D eigenvalue weighted by molar-refractivity contribution is 0.338. The molecule has 0 aliphatic heterocycles. The number of ether oxygens (including phenoxy) is 1. The van der Waals surface area contributed by atoms with Gasteiger partial charge in [-0.2, -0.15) is 4.68 Å². The van der Waals surface area contributed by atoms with Crippen molar-refractivity contribution in [2.24, 2.45) is 0 Å². The maximum Gasteiger partial charge on any atom is 0.219 e. The van der Waals surface area contributed by atoms with Crippen molar-refractivity contribution in [2.45, 2.75) is 6.92 Å². The van der Waals surface area contributed by atoms with Crippen LogP contribution in [0, 0.1) is 0 Å². The molecule has 1 heterocycles. The van der Waals surface area contributed by atoms with Gasteiger partial charge in [0.25, 0.3) is 0 Å². The molecule has 3 aromatic rings. The van der Waals surface area contributed by atoms with E-state index >= 15 is 0 Å². The van der Waals surface area contributed by atoms with Gasteiger partial charge in [0.15, 0.2) is 0 Å². The average molecular weight is 265 g/mol. The maximum atomic E-state index is 5.56. The van der Waals surface area contributed by atoms with Crippen molar-refractivity contribution in [2.75, 3.05) is 7.11 Å². The fourth-order valence-corrected chi connectivity index (χ4v) is 2.23. The van der Waals surface area contributed by atoms with Gasteiger partial charge in [-0.1, -0.05) is 47.7 Å². The third-order valence-electron chi connectivity index (χ3n) is 3.27. The summed E-state index contributed by atoms with van der Waals surface area (Å²) in [6.45, 7) is 2.02. The summed E-state index contributed by atoms with van der Waals surface area (Å²) in [7, 11) is 1.65. The zero-order valence-corrected chi connectivity index (χ0v) is 11.4. The van der Waals surface area contributed by atoms with Gasteiger partial charge in [0.1, 0.15) is 5.52 Å². The third-order valence-corrected chi connectivity index (χ3v) is 3.27. The molecule has 0 amide bonds. The van der Waals surface area contributed by atoms with Crippen LogP contribution in [-0.2, 0) is 4.74 Å². The SMILES string of the molecule is COC(=C(C)c1ccccc1)n1nnc2ccccc21. The number of allylic oxidation sites excluding steroid dienone is 1. The number of methoxy groups -OCH3 is 1. The molecule has 4 heteroatoms. The predicted molar refractivity (Wildman–Crippen MR) is 79.8 cm³/mol. The van der Waals surface area contributed by atoms with E-state index in [1.807, 2.05) is 61.5 Å². The molecular weight excluding hydrogens is 250 g/mol. The molecule has 0 atom stereocenters. The lowest BCUT2D eigenvalue weighted by Gasteiger charge is -2.11. The molecule has 0 aliphatic rings. The van der Waals surface area contributed by atoms with Crippen LogP contribution in [0.1, 0.15) is 12.5 Å². The molecule has 0 saturated carbocycles. The quantitative estimate of drug-likeness (QED) is 0.681. The van der Waals surface area contributed by atoms with E-state index in [-0.39, 0.29) is 0 Å². The van der Waals surface area contributed by atoms with Gasteiger partial charge in [-0.05, 0) is 24.6 Å². The Balaban J connectivity index is 2.19. The highest BCUT2D eigenvalue weighted by Gasteiger charge is 2.12. The van der Waals surface area contributed by atoms with Crippen LogP contribution < -0.4 is 0 Å². The Bertz CT molecular complexity index is 760. The number of rotatable bonds is 3. The van der Waals surface area contributed by atoms with Crippen LogP contribution in [0.5, 0.6) is 0 Å². The van der Waals surface area contributed by atoms with Gasteiger partial charge < -0.3 is 4.74 Å². The monoisotopic (exact) mass is 265 g/mol. The number of benzene rings is 2. The van der Waals surface area contributed by atoms with E-state index in [0.29, 0.717) is 5.88 Å². The van der Waals surface area contributed by atoms with E-state index in [0.717, 1.165) is 22.2 Å².